The van der Waals surface area contributed by atoms with Crippen molar-refractivity contribution in [2.45, 2.75) is 25.0 Å². The van der Waals surface area contributed by atoms with Gasteiger partial charge in [-0.05, 0) is 31.0 Å². The molecule has 1 aromatic carbocycles. The Kier molecular flexibility index (Phi) is 4.59. The maximum Gasteiger partial charge on any atom is 0.289 e. The lowest BCUT2D eigenvalue weighted by Gasteiger charge is -2.36. The van der Waals surface area contributed by atoms with E-state index in [1.165, 1.54) is 6.07 Å². The number of hydrogen-bond donors (Lipinski definition) is 2. The third-order valence-electron chi connectivity index (χ3n) is 4.40. The van der Waals surface area contributed by atoms with E-state index in [1.54, 1.807) is 12.1 Å². The summed E-state index contributed by atoms with van der Waals surface area (Å²) < 4.78 is 11.0. The van der Waals surface area contributed by atoms with Crippen molar-refractivity contribution in [3.63, 3.8) is 0 Å². The Morgan fingerprint density at radius 2 is 2.04 bits per heavy atom. The highest BCUT2D eigenvalue weighted by Crippen LogP contribution is 2.34. The standard InChI is InChI=1S/C16H21N3O5/c1-18-9-14(16(21)19(22)11-4-6-23-7-5-11)24-13-8-10(15(17)20)2-3-12(13)18/h2-3,8,11,14,22H,4-7,9H2,1H3,(H2,17,20). The van der Waals surface area contributed by atoms with Crippen LogP contribution in [0.15, 0.2) is 18.2 Å². The molecule has 1 atom stereocenters. The quantitative estimate of drug-likeness (QED) is 0.611. The van der Waals surface area contributed by atoms with Gasteiger partial charge in [0.25, 0.3) is 5.91 Å². The maximum atomic E-state index is 12.6. The zero-order valence-corrected chi connectivity index (χ0v) is 13.5. The number of primary amides is 1. The van der Waals surface area contributed by atoms with Crippen LogP contribution in [0.3, 0.4) is 0 Å². The van der Waals surface area contributed by atoms with Crippen molar-refractivity contribution < 1.29 is 24.3 Å². The summed E-state index contributed by atoms with van der Waals surface area (Å²) in [7, 11) is 1.82. The number of carbonyl (C=O) groups excluding carboxylic acids is 2. The molecule has 130 valence electrons. The van der Waals surface area contributed by atoms with Crippen LogP contribution in [0, 0.1) is 0 Å². The van der Waals surface area contributed by atoms with Gasteiger partial charge in [0.1, 0.15) is 5.75 Å². The van der Waals surface area contributed by atoms with Gasteiger partial charge in [-0.3, -0.25) is 14.8 Å². The molecule has 0 bridgehead atoms. The van der Waals surface area contributed by atoms with Gasteiger partial charge in [-0.25, -0.2) is 5.06 Å². The number of hydrogen-bond acceptors (Lipinski definition) is 6. The fourth-order valence-electron chi connectivity index (χ4n) is 3.00. The molecule has 1 fully saturated rings. The summed E-state index contributed by atoms with van der Waals surface area (Å²) in [5, 5.41) is 11.0. The van der Waals surface area contributed by atoms with Crippen molar-refractivity contribution in [3.8, 4) is 5.75 Å². The Morgan fingerprint density at radius 3 is 2.71 bits per heavy atom. The summed E-state index contributed by atoms with van der Waals surface area (Å²) in [6.45, 7) is 1.35. The number of carbonyl (C=O) groups is 2. The smallest absolute Gasteiger partial charge is 0.289 e. The summed E-state index contributed by atoms with van der Waals surface area (Å²) >= 11 is 0. The highest BCUT2D eigenvalue weighted by atomic mass is 16.5. The first kappa shape index (κ1) is 16.5. The van der Waals surface area contributed by atoms with Crippen LogP contribution in [-0.4, -0.2) is 61.0 Å². The van der Waals surface area contributed by atoms with Gasteiger partial charge in [0.2, 0.25) is 5.91 Å². The number of fused-ring (bicyclic) bond motifs is 1. The van der Waals surface area contributed by atoms with Crippen LogP contribution < -0.4 is 15.4 Å². The topological polar surface area (TPSA) is 105 Å². The van der Waals surface area contributed by atoms with E-state index < -0.39 is 17.9 Å². The van der Waals surface area contributed by atoms with E-state index >= 15 is 0 Å². The van der Waals surface area contributed by atoms with Crippen LogP contribution in [0.5, 0.6) is 5.75 Å². The molecule has 0 aromatic heterocycles. The monoisotopic (exact) mass is 335 g/mol. The van der Waals surface area contributed by atoms with Gasteiger partial charge in [0, 0.05) is 25.8 Å². The van der Waals surface area contributed by atoms with Crippen molar-refractivity contribution in [2.24, 2.45) is 5.73 Å². The molecule has 1 unspecified atom stereocenters. The third kappa shape index (κ3) is 3.15. The molecule has 0 radical (unpaired) electrons. The first-order valence-corrected chi connectivity index (χ1v) is 7.88. The Morgan fingerprint density at radius 1 is 1.33 bits per heavy atom. The molecule has 1 saturated heterocycles. The number of rotatable bonds is 3. The van der Waals surface area contributed by atoms with Gasteiger partial charge >= 0.3 is 0 Å². The average Bonchev–Trinajstić information content (AvgIpc) is 2.60. The Labute approximate surface area is 139 Å². The SMILES string of the molecule is CN1CC(C(=O)N(O)C2CCOCC2)Oc2cc(C(N)=O)ccc21. The first-order chi connectivity index (χ1) is 11.5. The largest absolute Gasteiger partial charge is 0.476 e. The second kappa shape index (κ2) is 6.66. The molecule has 2 aliphatic heterocycles. The Hall–Kier alpha value is -2.32. The molecule has 2 amide bonds. The van der Waals surface area contributed by atoms with Gasteiger partial charge < -0.3 is 20.1 Å². The fraction of sp³-hybridized carbons (Fsp3) is 0.500. The molecule has 2 aliphatic rings. The van der Waals surface area contributed by atoms with Crippen molar-refractivity contribution in [2.75, 3.05) is 31.7 Å². The minimum absolute atomic E-state index is 0.265. The number of nitrogens with two attached hydrogens (primary N) is 1. The molecule has 24 heavy (non-hydrogen) atoms. The van der Waals surface area contributed by atoms with E-state index in [0.717, 1.165) is 10.8 Å². The lowest BCUT2D eigenvalue weighted by Crippen LogP contribution is -2.52. The molecule has 3 rings (SSSR count). The van der Waals surface area contributed by atoms with E-state index in [9.17, 15) is 14.8 Å². The lowest BCUT2D eigenvalue weighted by atomic mass is 10.1. The predicted molar refractivity (Wildman–Crippen MR) is 85.1 cm³/mol. The van der Waals surface area contributed by atoms with Crippen LogP contribution in [0.1, 0.15) is 23.2 Å². The van der Waals surface area contributed by atoms with Crippen molar-refractivity contribution >= 4 is 17.5 Å². The van der Waals surface area contributed by atoms with Crippen LogP contribution in [0.4, 0.5) is 5.69 Å². The number of nitrogens with zero attached hydrogens (tertiary/aromatic N) is 2. The molecule has 2 heterocycles. The van der Waals surface area contributed by atoms with Gasteiger partial charge in [-0.1, -0.05) is 0 Å². The highest BCUT2D eigenvalue weighted by Gasteiger charge is 2.35. The highest BCUT2D eigenvalue weighted by molar-refractivity contribution is 5.94. The molecule has 0 spiro atoms. The van der Waals surface area contributed by atoms with Gasteiger partial charge in [-0.15, -0.1) is 0 Å². The number of anilines is 1. The third-order valence-corrected chi connectivity index (χ3v) is 4.40. The fourth-order valence-corrected chi connectivity index (χ4v) is 3.00. The van der Waals surface area contributed by atoms with E-state index in [0.29, 0.717) is 43.9 Å². The normalized spacial score (nSPS) is 20.9. The minimum atomic E-state index is -0.849. The summed E-state index contributed by atoms with van der Waals surface area (Å²) in [6.07, 6.45) is 0.332. The van der Waals surface area contributed by atoms with Crippen molar-refractivity contribution in [3.05, 3.63) is 23.8 Å². The Balaban J connectivity index is 1.77. The number of hydroxylamine groups is 2. The zero-order chi connectivity index (χ0) is 17.3. The zero-order valence-electron chi connectivity index (χ0n) is 13.5. The van der Waals surface area contributed by atoms with Crippen LogP contribution in [0.25, 0.3) is 0 Å². The minimum Gasteiger partial charge on any atom is -0.476 e. The average molecular weight is 335 g/mol. The summed E-state index contributed by atoms with van der Waals surface area (Å²) in [5.74, 6) is -0.661. The predicted octanol–water partition coefficient (Wildman–Crippen LogP) is 0.380. The van der Waals surface area contributed by atoms with E-state index in [4.69, 9.17) is 15.2 Å². The van der Waals surface area contributed by atoms with Crippen molar-refractivity contribution in [1.29, 1.82) is 0 Å². The molecule has 1 aromatic rings. The van der Waals surface area contributed by atoms with Crippen LogP contribution >= 0.6 is 0 Å². The lowest BCUT2D eigenvalue weighted by molar-refractivity contribution is -0.189. The Bertz CT molecular complexity index is 645. The second-order valence-electron chi connectivity index (χ2n) is 6.06. The molecular formula is C16H21N3O5. The molecule has 0 saturated carbocycles. The molecule has 8 heteroatoms. The van der Waals surface area contributed by atoms with E-state index in [2.05, 4.69) is 0 Å². The van der Waals surface area contributed by atoms with Crippen molar-refractivity contribution in [1.82, 2.24) is 5.06 Å². The van der Waals surface area contributed by atoms with E-state index in [1.807, 2.05) is 11.9 Å². The summed E-state index contributed by atoms with van der Waals surface area (Å²) in [4.78, 5) is 25.7. The number of ether oxygens (including phenoxy) is 2. The number of amides is 2. The first-order valence-electron chi connectivity index (χ1n) is 7.88. The molecular weight excluding hydrogens is 314 g/mol. The number of likely N-dealkylation sites (N-methyl/N-ethyl adjacent to an activating group) is 1. The van der Waals surface area contributed by atoms with Gasteiger partial charge in [-0.2, -0.15) is 0 Å². The van der Waals surface area contributed by atoms with Crippen LogP contribution in [0.2, 0.25) is 0 Å². The van der Waals surface area contributed by atoms with Crippen LogP contribution in [-0.2, 0) is 9.53 Å². The van der Waals surface area contributed by atoms with E-state index in [-0.39, 0.29) is 6.04 Å². The number of benzene rings is 1. The summed E-state index contributed by atoms with van der Waals surface area (Å²) in [6, 6.07) is 4.59. The van der Waals surface area contributed by atoms with Gasteiger partial charge in [0.15, 0.2) is 6.10 Å². The van der Waals surface area contributed by atoms with Gasteiger partial charge in [0.05, 0.1) is 18.3 Å². The summed E-state index contributed by atoms with van der Waals surface area (Å²) in [5.41, 5.74) is 6.36. The maximum absolute atomic E-state index is 12.6. The second-order valence-corrected chi connectivity index (χ2v) is 6.06. The molecule has 0 aliphatic carbocycles. The molecule has 8 nitrogen and oxygen atoms in total. The molecule has 3 N–H and O–H groups in total.